The SMILES string of the molecule is CC(C)(CO)NCc1ccccc1Cl.Cl. The van der Waals surface area contributed by atoms with Crippen molar-refractivity contribution < 1.29 is 5.11 Å². The number of aliphatic hydroxyl groups is 1. The molecule has 0 aliphatic carbocycles. The van der Waals surface area contributed by atoms with Gasteiger partial charge in [0.25, 0.3) is 0 Å². The van der Waals surface area contributed by atoms with E-state index in [0.29, 0.717) is 6.54 Å². The molecule has 0 aliphatic rings. The minimum absolute atomic E-state index is 0. The van der Waals surface area contributed by atoms with Gasteiger partial charge in [-0.25, -0.2) is 0 Å². The zero-order valence-electron chi connectivity index (χ0n) is 8.96. The summed E-state index contributed by atoms with van der Waals surface area (Å²) in [6.45, 7) is 4.68. The highest BCUT2D eigenvalue weighted by Crippen LogP contribution is 2.15. The van der Waals surface area contributed by atoms with E-state index in [-0.39, 0.29) is 24.6 Å². The summed E-state index contributed by atoms with van der Waals surface area (Å²) in [7, 11) is 0. The third kappa shape index (κ3) is 4.85. The quantitative estimate of drug-likeness (QED) is 0.860. The first-order chi connectivity index (χ1) is 6.55. The lowest BCUT2D eigenvalue weighted by Gasteiger charge is -2.23. The van der Waals surface area contributed by atoms with Crippen LogP contribution in [0.2, 0.25) is 5.02 Å². The smallest absolute Gasteiger partial charge is 0.0607 e. The van der Waals surface area contributed by atoms with Crippen LogP contribution in [0.1, 0.15) is 19.4 Å². The van der Waals surface area contributed by atoms with Crippen molar-refractivity contribution in [2.24, 2.45) is 0 Å². The molecule has 15 heavy (non-hydrogen) atoms. The van der Waals surface area contributed by atoms with Crippen molar-refractivity contribution in [3.63, 3.8) is 0 Å². The number of nitrogens with one attached hydrogen (secondary N) is 1. The van der Waals surface area contributed by atoms with Crippen molar-refractivity contribution in [1.82, 2.24) is 5.32 Å². The molecule has 0 saturated carbocycles. The standard InChI is InChI=1S/C11H16ClNO.ClH/c1-11(2,8-14)13-7-9-5-3-4-6-10(9)12;/h3-6,13-14H,7-8H2,1-2H3;1H. The van der Waals surface area contributed by atoms with Crippen LogP contribution in [-0.4, -0.2) is 17.3 Å². The van der Waals surface area contributed by atoms with Crippen molar-refractivity contribution in [2.45, 2.75) is 25.9 Å². The Balaban J connectivity index is 0.00000196. The first-order valence-corrected chi connectivity index (χ1v) is 5.02. The highest BCUT2D eigenvalue weighted by molar-refractivity contribution is 6.31. The molecule has 0 unspecified atom stereocenters. The van der Waals surface area contributed by atoms with Gasteiger partial charge in [-0.05, 0) is 25.5 Å². The average molecular weight is 250 g/mol. The number of hydrogen-bond donors (Lipinski definition) is 2. The van der Waals surface area contributed by atoms with E-state index in [4.69, 9.17) is 16.7 Å². The van der Waals surface area contributed by atoms with E-state index in [1.807, 2.05) is 38.1 Å². The minimum atomic E-state index is -0.265. The molecule has 0 radical (unpaired) electrons. The van der Waals surface area contributed by atoms with Crippen LogP contribution in [0.3, 0.4) is 0 Å². The summed E-state index contributed by atoms with van der Waals surface area (Å²) in [5.74, 6) is 0. The second-order valence-corrected chi connectivity index (χ2v) is 4.39. The Bertz CT molecular complexity index is 302. The highest BCUT2D eigenvalue weighted by atomic mass is 35.5. The molecule has 1 aromatic rings. The highest BCUT2D eigenvalue weighted by Gasteiger charge is 2.15. The van der Waals surface area contributed by atoms with Gasteiger partial charge in [0.05, 0.1) is 6.61 Å². The lowest BCUT2D eigenvalue weighted by atomic mass is 10.1. The molecule has 0 saturated heterocycles. The van der Waals surface area contributed by atoms with Gasteiger partial charge in [-0.2, -0.15) is 0 Å². The largest absolute Gasteiger partial charge is 0.394 e. The van der Waals surface area contributed by atoms with E-state index in [2.05, 4.69) is 5.32 Å². The van der Waals surface area contributed by atoms with Crippen LogP contribution < -0.4 is 5.32 Å². The molecule has 2 N–H and O–H groups in total. The van der Waals surface area contributed by atoms with Crippen molar-refractivity contribution in [2.75, 3.05) is 6.61 Å². The summed E-state index contributed by atoms with van der Waals surface area (Å²) >= 11 is 5.99. The molecule has 0 spiro atoms. The molecule has 0 heterocycles. The maximum absolute atomic E-state index is 9.05. The average Bonchev–Trinajstić information content (AvgIpc) is 2.17. The van der Waals surface area contributed by atoms with Gasteiger partial charge in [-0.15, -0.1) is 12.4 Å². The van der Waals surface area contributed by atoms with Crippen LogP contribution in [0, 0.1) is 0 Å². The zero-order chi connectivity index (χ0) is 10.6. The van der Waals surface area contributed by atoms with Crippen molar-refractivity contribution in [3.05, 3.63) is 34.9 Å². The number of aliphatic hydroxyl groups excluding tert-OH is 1. The topological polar surface area (TPSA) is 32.3 Å². The molecule has 0 bridgehead atoms. The molecule has 0 atom stereocenters. The van der Waals surface area contributed by atoms with Gasteiger partial charge in [-0.3, -0.25) is 0 Å². The van der Waals surface area contributed by atoms with Crippen LogP contribution >= 0.6 is 24.0 Å². The molecule has 0 amide bonds. The number of benzene rings is 1. The maximum Gasteiger partial charge on any atom is 0.0607 e. The third-order valence-corrected chi connectivity index (χ3v) is 2.48. The first-order valence-electron chi connectivity index (χ1n) is 4.64. The molecular weight excluding hydrogens is 233 g/mol. The Labute approximate surface area is 102 Å². The fourth-order valence-corrected chi connectivity index (χ4v) is 1.23. The Morgan fingerprint density at radius 2 is 1.93 bits per heavy atom. The second kappa shape index (κ2) is 6.33. The van der Waals surface area contributed by atoms with Crippen LogP contribution in [0.4, 0.5) is 0 Å². The Morgan fingerprint density at radius 3 is 2.47 bits per heavy atom. The molecule has 86 valence electrons. The zero-order valence-corrected chi connectivity index (χ0v) is 10.5. The summed E-state index contributed by atoms with van der Waals surface area (Å²) in [6.07, 6.45) is 0. The molecule has 2 nitrogen and oxygen atoms in total. The van der Waals surface area contributed by atoms with E-state index in [1.54, 1.807) is 0 Å². The fraction of sp³-hybridized carbons (Fsp3) is 0.455. The second-order valence-electron chi connectivity index (χ2n) is 3.99. The number of hydrogen-bond acceptors (Lipinski definition) is 2. The fourth-order valence-electron chi connectivity index (χ4n) is 1.03. The van der Waals surface area contributed by atoms with E-state index in [9.17, 15) is 0 Å². The Kier molecular flexibility index (Phi) is 6.22. The Hall–Kier alpha value is -0.280. The molecule has 1 aromatic carbocycles. The normalized spacial score (nSPS) is 10.9. The van der Waals surface area contributed by atoms with E-state index < -0.39 is 0 Å². The number of rotatable bonds is 4. The summed E-state index contributed by atoms with van der Waals surface area (Å²) in [5, 5.41) is 13.0. The molecule has 4 heteroatoms. The van der Waals surface area contributed by atoms with E-state index in [0.717, 1.165) is 10.6 Å². The molecule has 1 rings (SSSR count). The van der Waals surface area contributed by atoms with Crippen molar-refractivity contribution in [1.29, 1.82) is 0 Å². The maximum atomic E-state index is 9.05. The summed E-state index contributed by atoms with van der Waals surface area (Å²) in [4.78, 5) is 0. The third-order valence-electron chi connectivity index (χ3n) is 2.11. The summed E-state index contributed by atoms with van der Waals surface area (Å²) in [6, 6.07) is 7.70. The predicted molar refractivity (Wildman–Crippen MR) is 66.7 cm³/mol. The van der Waals surface area contributed by atoms with Gasteiger partial charge in [0.15, 0.2) is 0 Å². The van der Waals surface area contributed by atoms with Crippen molar-refractivity contribution >= 4 is 24.0 Å². The van der Waals surface area contributed by atoms with Crippen molar-refractivity contribution in [3.8, 4) is 0 Å². The molecule has 0 fully saturated rings. The van der Waals surface area contributed by atoms with Crippen LogP contribution in [0.5, 0.6) is 0 Å². The van der Waals surface area contributed by atoms with E-state index in [1.165, 1.54) is 0 Å². The van der Waals surface area contributed by atoms with Crippen LogP contribution in [-0.2, 0) is 6.54 Å². The molecule has 0 aromatic heterocycles. The first kappa shape index (κ1) is 14.7. The predicted octanol–water partition coefficient (Wildman–Crippen LogP) is 2.62. The lowest BCUT2D eigenvalue weighted by Crippen LogP contribution is -2.42. The minimum Gasteiger partial charge on any atom is -0.394 e. The Morgan fingerprint density at radius 1 is 1.33 bits per heavy atom. The van der Waals surface area contributed by atoms with Gasteiger partial charge < -0.3 is 10.4 Å². The monoisotopic (exact) mass is 249 g/mol. The van der Waals surface area contributed by atoms with Gasteiger partial charge in [0.1, 0.15) is 0 Å². The van der Waals surface area contributed by atoms with Crippen LogP contribution in [0.15, 0.2) is 24.3 Å². The van der Waals surface area contributed by atoms with Gasteiger partial charge in [-0.1, -0.05) is 29.8 Å². The summed E-state index contributed by atoms with van der Waals surface area (Å²) in [5.41, 5.74) is 0.787. The van der Waals surface area contributed by atoms with Gasteiger partial charge >= 0.3 is 0 Å². The lowest BCUT2D eigenvalue weighted by molar-refractivity contribution is 0.187. The number of halogens is 2. The van der Waals surface area contributed by atoms with E-state index >= 15 is 0 Å². The summed E-state index contributed by atoms with van der Waals surface area (Å²) < 4.78 is 0. The molecule has 0 aliphatic heterocycles. The molecular formula is C11H17Cl2NO. The van der Waals surface area contributed by atoms with Gasteiger partial charge in [0.2, 0.25) is 0 Å². The van der Waals surface area contributed by atoms with Gasteiger partial charge in [0, 0.05) is 17.1 Å². The van der Waals surface area contributed by atoms with Crippen LogP contribution in [0.25, 0.3) is 0 Å².